The first-order valence-electron chi connectivity index (χ1n) is 2.84. The van der Waals surface area contributed by atoms with Gasteiger partial charge >= 0.3 is 0 Å². The molecule has 0 aliphatic rings. The zero-order valence-corrected chi connectivity index (χ0v) is 6.68. The molecular formula is C6H6NO3P. The lowest BCUT2D eigenvalue weighted by molar-refractivity contribution is -0.384. The molecule has 1 aromatic carbocycles. The minimum Gasteiger partial charge on any atom is -0.507 e. The molecule has 0 spiro atoms. The van der Waals surface area contributed by atoms with Crippen LogP contribution < -0.4 is 5.30 Å². The van der Waals surface area contributed by atoms with Crippen LogP contribution in [0.4, 0.5) is 5.69 Å². The van der Waals surface area contributed by atoms with Gasteiger partial charge in [-0.15, -0.1) is 9.24 Å². The molecular weight excluding hydrogens is 165 g/mol. The smallest absolute Gasteiger partial charge is 0.270 e. The fourth-order valence-corrected chi connectivity index (χ4v) is 0.922. The van der Waals surface area contributed by atoms with Crippen molar-refractivity contribution in [3.63, 3.8) is 0 Å². The zero-order chi connectivity index (χ0) is 8.43. The molecule has 0 fully saturated rings. The van der Waals surface area contributed by atoms with Gasteiger partial charge in [-0.25, -0.2) is 0 Å². The van der Waals surface area contributed by atoms with Crippen molar-refractivity contribution in [1.29, 1.82) is 0 Å². The van der Waals surface area contributed by atoms with E-state index >= 15 is 0 Å². The summed E-state index contributed by atoms with van der Waals surface area (Å²) in [4.78, 5) is 9.67. The first-order valence-corrected chi connectivity index (χ1v) is 3.42. The highest BCUT2D eigenvalue weighted by atomic mass is 31.0. The molecule has 58 valence electrons. The van der Waals surface area contributed by atoms with E-state index in [2.05, 4.69) is 9.24 Å². The molecule has 1 rings (SSSR count). The van der Waals surface area contributed by atoms with Crippen molar-refractivity contribution in [3.05, 3.63) is 28.3 Å². The minimum absolute atomic E-state index is 0.0206. The van der Waals surface area contributed by atoms with Crippen LogP contribution in [-0.4, -0.2) is 10.0 Å². The number of nitro groups is 1. The number of rotatable bonds is 1. The standard InChI is InChI=1S/C6H6NO3P/c8-5-2-1-4(7(9)10)3-6(5)11/h1-3,8H,11H2. The van der Waals surface area contributed by atoms with Gasteiger partial charge in [-0.1, -0.05) is 0 Å². The average Bonchev–Trinajstić information content (AvgIpc) is 1.94. The van der Waals surface area contributed by atoms with Crippen molar-refractivity contribution in [2.24, 2.45) is 0 Å². The van der Waals surface area contributed by atoms with E-state index in [0.29, 0.717) is 5.30 Å². The quantitative estimate of drug-likeness (QED) is 0.386. The van der Waals surface area contributed by atoms with Crippen LogP contribution in [-0.2, 0) is 0 Å². The third kappa shape index (κ3) is 1.65. The van der Waals surface area contributed by atoms with Gasteiger partial charge in [0.15, 0.2) is 0 Å². The Morgan fingerprint density at radius 2 is 2.18 bits per heavy atom. The largest absolute Gasteiger partial charge is 0.507 e. The molecule has 0 heterocycles. The van der Waals surface area contributed by atoms with Crippen LogP contribution in [0.25, 0.3) is 0 Å². The highest BCUT2D eigenvalue weighted by Crippen LogP contribution is 2.15. The molecule has 1 unspecified atom stereocenters. The van der Waals surface area contributed by atoms with Crippen LogP contribution in [0, 0.1) is 10.1 Å². The van der Waals surface area contributed by atoms with E-state index in [9.17, 15) is 10.1 Å². The summed E-state index contributed by atoms with van der Waals surface area (Å²) in [5.74, 6) is 0.0422. The van der Waals surface area contributed by atoms with Gasteiger partial charge in [0, 0.05) is 17.4 Å². The third-order valence-corrected chi connectivity index (χ3v) is 1.68. The Balaban J connectivity index is 3.15. The van der Waals surface area contributed by atoms with Crippen molar-refractivity contribution in [2.45, 2.75) is 0 Å². The number of nitrogens with zero attached hydrogens (tertiary/aromatic N) is 1. The lowest BCUT2D eigenvalue weighted by Crippen LogP contribution is -1.95. The summed E-state index contributed by atoms with van der Waals surface area (Å²) in [5, 5.41) is 19.6. The molecule has 0 aliphatic carbocycles. The van der Waals surface area contributed by atoms with Crippen LogP contribution >= 0.6 is 9.24 Å². The summed E-state index contributed by atoms with van der Waals surface area (Å²) >= 11 is 0. The molecule has 1 N–H and O–H groups in total. The Hall–Kier alpha value is -1.15. The van der Waals surface area contributed by atoms with E-state index in [1.165, 1.54) is 18.2 Å². The third-order valence-electron chi connectivity index (χ3n) is 1.22. The molecule has 1 atom stereocenters. The first kappa shape index (κ1) is 7.95. The van der Waals surface area contributed by atoms with E-state index in [1.807, 2.05) is 0 Å². The average molecular weight is 171 g/mol. The number of phenols is 1. The Bertz CT molecular complexity index is 300. The SMILES string of the molecule is O=[N+]([O-])c1ccc(O)c(P)c1. The second kappa shape index (κ2) is 2.84. The van der Waals surface area contributed by atoms with E-state index in [0.717, 1.165) is 0 Å². The van der Waals surface area contributed by atoms with Gasteiger partial charge in [0.2, 0.25) is 0 Å². The van der Waals surface area contributed by atoms with Crippen molar-refractivity contribution >= 4 is 20.2 Å². The molecule has 1 aromatic rings. The monoisotopic (exact) mass is 171 g/mol. The Morgan fingerprint density at radius 3 is 2.64 bits per heavy atom. The maximum Gasteiger partial charge on any atom is 0.270 e. The number of hydrogen-bond acceptors (Lipinski definition) is 3. The van der Waals surface area contributed by atoms with Gasteiger partial charge in [-0.3, -0.25) is 10.1 Å². The predicted molar refractivity (Wildman–Crippen MR) is 44.1 cm³/mol. The summed E-state index contributed by atoms with van der Waals surface area (Å²) in [7, 11) is 2.21. The van der Waals surface area contributed by atoms with E-state index in [4.69, 9.17) is 5.11 Å². The molecule has 0 saturated heterocycles. The topological polar surface area (TPSA) is 63.4 Å². The molecule has 4 nitrogen and oxygen atoms in total. The highest BCUT2D eigenvalue weighted by molar-refractivity contribution is 7.27. The van der Waals surface area contributed by atoms with Crippen molar-refractivity contribution in [3.8, 4) is 5.75 Å². The highest BCUT2D eigenvalue weighted by Gasteiger charge is 2.06. The predicted octanol–water partition coefficient (Wildman–Crippen LogP) is 0.801. The van der Waals surface area contributed by atoms with Crippen LogP contribution in [0.15, 0.2) is 18.2 Å². The molecule has 0 amide bonds. The van der Waals surface area contributed by atoms with Gasteiger partial charge in [-0.05, 0) is 6.07 Å². The summed E-state index contributed by atoms with van der Waals surface area (Å²) in [5.41, 5.74) is -0.0206. The minimum atomic E-state index is -0.507. The van der Waals surface area contributed by atoms with Gasteiger partial charge < -0.3 is 5.11 Å². The van der Waals surface area contributed by atoms with Crippen molar-refractivity contribution < 1.29 is 10.0 Å². The first-order chi connectivity index (χ1) is 5.11. The number of benzene rings is 1. The van der Waals surface area contributed by atoms with Crippen LogP contribution in [0.1, 0.15) is 0 Å². The maximum absolute atomic E-state index is 10.2. The Morgan fingerprint density at radius 1 is 1.55 bits per heavy atom. The Labute approximate surface area is 65.2 Å². The van der Waals surface area contributed by atoms with E-state index in [-0.39, 0.29) is 11.4 Å². The molecule has 5 heteroatoms. The molecule has 0 radical (unpaired) electrons. The fraction of sp³-hybridized carbons (Fsp3) is 0. The molecule has 0 aliphatic heterocycles. The van der Waals surface area contributed by atoms with Crippen LogP contribution in [0.2, 0.25) is 0 Å². The Kier molecular flexibility index (Phi) is 2.06. The van der Waals surface area contributed by atoms with E-state index < -0.39 is 4.92 Å². The van der Waals surface area contributed by atoms with Crippen molar-refractivity contribution in [2.75, 3.05) is 0 Å². The summed E-state index contributed by atoms with van der Waals surface area (Å²) in [6.45, 7) is 0. The lowest BCUT2D eigenvalue weighted by atomic mass is 10.3. The van der Waals surface area contributed by atoms with Crippen LogP contribution in [0.3, 0.4) is 0 Å². The lowest BCUT2D eigenvalue weighted by Gasteiger charge is -1.95. The number of aromatic hydroxyl groups is 1. The van der Waals surface area contributed by atoms with Gasteiger partial charge in [-0.2, -0.15) is 0 Å². The number of hydrogen-bond donors (Lipinski definition) is 1. The maximum atomic E-state index is 10.2. The molecule has 0 aromatic heterocycles. The summed E-state index contributed by atoms with van der Waals surface area (Å²) in [6.07, 6.45) is 0. The number of nitro benzene ring substituents is 1. The van der Waals surface area contributed by atoms with Gasteiger partial charge in [0.1, 0.15) is 5.75 Å². The van der Waals surface area contributed by atoms with Crippen molar-refractivity contribution in [1.82, 2.24) is 0 Å². The van der Waals surface area contributed by atoms with E-state index in [1.54, 1.807) is 0 Å². The number of non-ortho nitro benzene ring substituents is 1. The normalized spacial score (nSPS) is 9.55. The fourth-order valence-electron chi connectivity index (χ4n) is 0.655. The van der Waals surface area contributed by atoms with Gasteiger partial charge in [0.05, 0.1) is 4.92 Å². The van der Waals surface area contributed by atoms with Crippen LogP contribution in [0.5, 0.6) is 5.75 Å². The molecule has 0 bridgehead atoms. The summed E-state index contributed by atoms with van der Waals surface area (Å²) in [6, 6.07) is 3.84. The van der Waals surface area contributed by atoms with Gasteiger partial charge in [0.25, 0.3) is 5.69 Å². The number of phenolic OH excluding ortho intramolecular Hbond substituents is 1. The summed E-state index contributed by atoms with van der Waals surface area (Å²) < 4.78 is 0. The zero-order valence-electron chi connectivity index (χ0n) is 5.52. The molecule has 0 saturated carbocycles. The second-order valence-electron chi connectivity index (χ2n) is 2.00. The second-order valence-corrected chi connectivity index (χ2v) is 2.62. The molecule has 11 heavy (non-hydrogen) atoms.